The molecule has 1 atom stereocenters. The maximum absolute atomic E-state index is 11.3. The SMILES string of the molecule is CCOC(C)(OCC)[PH](=O)OC.[NaH]. The molecule has 4 nitrogen and oxygen atoms in total. The van der Waals surface area contributed by atoms with E-state index in [0.717, 1.165) is 0 Å². The Hall–Kier alpha value is 1.11. The van der Waals surface area contributed by atoms with E-state index in [4.69, 9.17) is 14.0 Å². The quantitative estimate of drug-likeness (QED) is 0.383. The van der Waals surface area contributed by atoms with Crippen LogP contribution in [-0.2, 0) is 18.6 Å². The summed E-state index contributed by atoms with van der Waals surface area (Å²) in [6.07, 6.45) is 0. The molecule has 0 aromatic rings. The fourth-order valence-corrected chi connectivity index (χ4v) is 1.79. The molecule has 0 N–H and O–H groups in total. The van der Waals surface area contributed by atoms with Crippen LogP contribution in [0, 0.1) is 0 Å². The molecule has 0 saturated heterocycles. The average molecular weight is 220 g/mol. The molecule has 0 spiro atoms. The van der Waals surface area contributed by atoms with Crippen LogP contribution >= 0.6 is 8.03 Å². The average Bonchev–Trinajstić information content (AvgIpc) is 2.04. The van der Waals surface area contributed by atoms with E-state index < -0.39 is 13.6 Å². The van der Waals surface area contributed by atoms with Crippen molar-refractivity contribution in [1.82, 2.24) is 0 Å². The molecule has 0 bridgehead atoms. The minimum atomic E-state index is -2.29. The van der Waals surface area contributed by atoms with Crippen LogP contribution in [0.1, 0.15) is 20.8 Å². The zero-order chi connectivity index (χ0) is 9.61. The molecule has 0 aliphatic carbocycles. The third-order valence-electron chi connectivity index (χ3n) is 1.40. The Morgan fingerprint density at radius 3 is 1.85 bits per heavy atom. The van der Waals surface area contributed by atoms with Gasteiger partial charge in [-0.15, -0.1) is 0 Å². The van der Waals surface area contributed by atoms with Gasteiger partial charge in [-0.1, -0.05) is 0 Å². The number of rotatable bonds is 6. The van der Waals surface area contributed by atoms with E-state index in [9.17, 15) is 4.57 Å². The summed E-state index contributed by atoms with van der Waals surface area (Å²) in [7, 11) is -0.899. The van der Waals surface area contributed by atoms with Gasteiger partial charge in [-0.25, -0.2) is 0 Å². The van der Waals surface area contributed by atoms with Crippen LogP contribution in [0.3, 0.4) is 0 Å². The Morgan fingerprint density at radius 2 is 1.62 bits per heavy atom. The summed E-state index contributed by atoms with van der Waals surface area (Å²) >= 11 is 0. The molecule has 6 heteroatoms. The molecule has 0 amide bonds. The van der Waals surface area contributed by atoms with E-state index in [0.29, 0.717) is 13.2 Å². The summed E-state index contributed by atoms with van der Waals surface area (Å²) < 4.78 is 26.5. The van der Waals surface area contributed by atoms with E-state index in [2.05, 4.69) is 0 Å². The van der Waals surface area contributed by atoms with Crippen LogP contribution in [-0.4, -0.2) is 55.4 Å². The molecule has 0 aromatic carbocycles. The van der Waals surface area contributed by atoms with E-state index in [1.165, 1.54) is 7.11 Å². The van der Waals surface area contributed by atoms with Gasteiger partial charge in [0, 0.05) is 20.3 Å². The van der Waals surface area contributed by atoms with Crippen molar-refractivity contribution in [2.75, 3.05) is 20.3 Å². The number of hydrogen-bond donors (Lipinski definition) is 0. The Bertz CT molecular complexity index is 147. The van der Waals surface area contributed by atoms with Crippen molar-refractivity contribution in [2.24, 2.45) is 0 Å². The standard InChI is InChI=1S/C7H17O4P.Na.H/c1-5-10-7(3,11-6-2)12(8)9-4;;/h12H,5-6H2,1-4H3;;. The molecule has 1 unspecified atom stereocenters. The molecule has 0 aromatic heterocycles. The van der Waals surface area contributed by atoms with Crippen molar-refractivity contribution >= 4 is 37.6 Å². The number of hydrogen-bond acceptors (Lipinski definition) is 4. The van der Waals surface area contributed by atoms with Gasteiger partial charge >= 0.3 is 29.6 Å². The van der Waals surface area contributed by atoms with E-state index in [1.54, 1.807) is 6.92 Å². The maximum atomic E-state index is 11.3. The molecular weight excluding hydrogens is 202 g/mol. The van der Waals surface area contributed by atoms with Crippen molar-refractivity contribution in [3.05, 3.63) is 0 Å². The minimum absolute atomic E-state index is 0. The first-order valence-corrected chi connectivity index (χ1v) is 5.28. The zero-order valence-electron chi connectivity index (χ0n) is 8.05. The first kappa shape index (κ1) is 16.5. The Balaban J connectivity index is 0. The fraction of sp³-hybridized carbons (Fsp3) is 1.00. The van der Waals surface area contributed by atoms with Crippen LogP contribution in [0.4, 0.5) is 0 Å². The van der Waals surface area contributed by atoms with Gasteiger partial charge in [0.05, 0.1) is 0 Å². The van der Waals surface area contributed by atoms with E-state index in [-0.39, 0.29) is 29.6 Å². The van der Waals surface area contributed by atoms with Gasteiger partial charge in [-0.05, 0) is 20.8 Å². The van der Waals surface area contributed by atoms with E-state index in [1.807, 2.05) is 13.8 Å². The van der Waals surface area contributed by atoms with Crippen LogP contribution in [0.25, 0.3) is 0 Å². The zero-order valence-corrected chi connectivity index (χ0v) is 9.05. The van der Waals surface area contributed by atoms with Gasteiger partial charge < -0.3 is 14.0 Å². The van der Waals surface area contributed by atoms with Crippen LogP contribution in [0.2, 0.25) is 0 Å². The summed E-state index contributed by atoms with van der Waals surface area (Å²) in [6, 6.07) is 0. The van der Waals surface area contributed by atoms with Crippen LogP contribution in [0.5, 0.6) is 0 Å². The molecule has 76 valence electrons. The second kappa shape index (κ2) is 8.42. The normalized spacial score (nSPS) is 13.5. The predicted octanol–water partition coefficient (Wildman–Crippen LogP) is 1.21. The van der Waals surface area contributed by atoms with Gasteiger partial charge in [0.15, 0.2) is 0 Å². The summed E-state index contributed by atoms with van der Waals surface area (Å²) in [5.41, 5.74) is -1.07. The molecule has 0 aliphatic heterocycles. The summed E-state index contributed by atoms with van der Waals surface area (Å²) in [5, 5.41) is 0. The van der Waals surface area contributed by atoms with Gasteiger partial charge in [-0.2, -0.15) is 0 Å². The third-order valence-corrected chi connectivity index (χ3v) is 2.80. The van der Waals surface area contributed by atoms with Crippen molar-refractivity contribution in [3.63, 3.8) is 0 Å². The summed E-state index contributed by atoms with van der Waals surface area (Å²) in [6.45, 7) is 6.18. The molecular formula is C7H18NaO4P. The second-order valence-electron chi connectivity index (χ2n) is 2.30. The molecule has 0 heterocycles. The third kappa shape index (κ3) is 5.53. The first-order valence-electron chi connectivity index (χ1n) is 3.97. The predicted molar refractivity (Wildman–Crippen MR) is 54.8 cm³/mol. The van der Waals surface area contributed by atoms with Crippen molar-refractivity contribution < 1.29 is 18.6 Å². The van der Waals surface area contributed by atoms with Gasteiger partial charge in [0.2, 0.25) is 13.6 Å². The van der Waals surface area contributed by atoms with Crippen molar-refractivity contribution in [2.45, 2.75) is 26.3 Å². The van der Waals surface area contributed by atoms with Crippen LogP contribution in [0.15, 0.2) is 0 Å². The molecule has 0 radical (unpaired) electrons. The van der Waals surface area contributed by atoms with Crippen molar-refractivity contribution in [1.29, 1.82) is 0 Å². The second-order valence-corrected chi connectivity index (χ2v) is 4.19. The van der Waals surface area contributed by atoms with E-state index >= 15 is 0 Å². The molecule has 0 saturated carbocycles. The monoisotopic (exact) mass is 220 g/mol. The topological polar surface area (TPSA) is 44.8 Å². The Labute approximate surface area is 102 Å². The Morgan fingerprint density at radius 1 is 1.23 bits per heavy atom. The Kier molecular flexibility index (Phi) is 10.7. The molecule has 0 rings (SSSR count). The molecule has 0 fully saturated rings. The summed E-state index contributed by atoms with van der Waals surface area (Å²) in [5.74, 6) is 0. The fourth-order valence-electron chi connectivity index (χ4n) is 0.896. The molecule has 0 aliphatic rings. The van der Waals surface area contributed by atoms with Gasteiger partial charge in [-0.3, -0.25) is 4.57 Å². The van der Waals surface area contributed by atoms with Gasteiger partial charge in [0.25, 0.3) is 0 Å². The summed E-state index contributed by atoms with van der Waals surface area (Å²) in [4.78, 5) is 0. The van der Waals surface area contributed by atoms with Gasteiger partial charge in [0.1, 0.15) is 0 Å². The number of ether oxygens (including phenoxy) is 2. The van der Waals surface area contributed by atoms with Crippen molar-refractivity contribution in [3.8, 4) is 0 Å². The molecule has 13 heavy (non-hydrogen) atoms. The first-order chi connectivity index (χ1) is 5.60. The van der Waals surface area contributed by atoms with Crippen LogP contribution < -0.4 is 0 Å².